The molecule has 0 radical (unpaired) electrons. The van der Waals surface area contributed by atoms with Gasteiger partial charge in [0.1, 0.15) is 17.0 Å². The normalized spacial score (nSPS) is 22.3. The highest BCUT2D eigenvalue weighted by atomic mass is 32.1. The summed E-state index contributed by atoms with van der Waals surface area (Å²) in [6, 6.07) is 17.7. The minimum absolute atomic E-state index is 0.274. The van der Waals surface area contributed by atoms with Gasteiger partial charge in [0.05, 0.1) is 28.8 Å². The SMILES string of the molecule is Cc1cc(Oc2ccccc2)ccc1C1(N)C(=O)C(N)c2c(C(=O)NCCN3CCOCC3C)sc3c(N)ccc1c23. The van der Waals surface area contributed by atoms with Crippen LogP contribution in [0.4, 0.5) is 5.69 Å². The van der Waals surface area contributed by atoms with E-state index in [1.165, 1.54) is 11.3 Å². The van der Waals surface area contributed by atoms with Crippen molar-refractivity contribution >= 4 is 38.8 Å². The number of nitrogen functional groups attached to an aromatic ring is 1. The number of amides is 1. The van der Waals surface area contributed by atoms with Gasteiger partial charge in [-0.3, -0.25) is 14.5 Å². The van der Waals surface area contributed by atoms with Crippen molar-refractivity contribution in [1.29, 1.82) is 0 Å². The number of carbonyl (C=O) groups excluding carboxylic acids is 2. The van der Waals surface area contributed by atoms with Gasteiger partial charge in [0.15, 0.2) is 5.78 Å². The van der Waals surface area contributed by atoms with E-state index < -0.39 is 11.6 Å². The first-order chi connectivity index (χ1) is 20.2. The summed E-state index contributed by atoms with van der Waals surface area (Å²) in [6.45, 7) is 7.34. The highest BCUT2D eigenvalue weighted by Crippen LogP contribution is 2.50. The van der Waals surface area contributed by atoms with Crippen molar-refractivity contribution < 1.29 is 19.1 Å². The average Bonchev–Trinajstić information content (AvgIpc) is 3.39. The van der Waals surface area contributed by atoms with Crippen LogP contribution in [0.25, 0.3) is 10.1 Å². The summed E-state index contributed by atoms with van der Waals surface area (Å²) in [5.74, 6) is 0.679. The summed E-state index contributed by atoms with van der Waals surface area (Å²) in [7, 11) is 0. The molecular weight excluding hydrogens is 550 g/mol. The lowest BCUT2D eigenvalue weighted by atomic mass is 9.69. The third-order valence-electron chi connectivity index (χ3n) is 8.31. The Bertz CT molecular complexity index is 1670. The number of nitrogens with two attached hydrogens (primary N) is 3. The summed E-state index contributed by atoms with van der Waals surface area (Å²) in [6.07, 6.45) is 0. The zero-order chi connectivity index (χ0) is 29.6. The van der Waals surface area contributed by atoms with Gasteiger partial charge in [0.25, 0.3) is 5.91 Å². The smallest absolute Gasteiger partial charge is 0.261 e. The van der Waals surface area contributed by atoms with Gasteiger partial charge in [-0.05, 0) is 60.9 Å². The zero-order valence-corrected chi connectivity index (χ0v) is 24.5. The molecule has 1 aromatic heterocycles. The first-order valence-electron chi connectivity index (χ1n) is 14.1. The molecule has 218 valence electrons. The number of ketones is 1. The lowest BCUT2D eigenvalue weighted by molar-refractivity contribution is -0.124. The number of ether oxygens (including phenoxy) is 2. The highest BCUT2D eigenvalue weighted by Gasteiger charge is 2.49. The van der Waals surface area contributed by atoms with Gasteiger partial charge in [-0.2, -0.15) is 0 Å². The van der Waals surface area contributed by atoms with Crippen molar-refractivity contribution in [3.05, 3.63) is 87.8 Å². The van der Waals surface area contributed by atoms with Crippen LogP contribution in [0.5, 0.6) is 11.5 Å². The van der Waals surface area contributed by atoms with E-state index in [9.17, 15) is 9.59 Å². The average molecular weight is 586 g/mol. The van der Waals surface area contributed by atoms with Crippen LogP contribution in [-0.2, 0) is 15.1 Å². The molecule has 7 N–H and O–H groups in total. The molecule has 1 aliphatic carbocycles. The Morgan fingerprint density at radius 2 is 1.90 bits per heavy atom. The van der Waals surface area contributed by atoms with Crippen LogP contribution >= 0.6 is 11.3 Å². The maximum atomic E-state index is 14.1. The molecular formula is C32H35N5O4S. The highest BCUT2D eigenvalue weighted by molar-refractivity contribution is 7.21. The number of para-hydroxylation sites is 1. The van der Waals surface area contributed by atoms with Gasteiger partial charge in [0, 0.05) is 42.3 Å². The monoisotopic (exact) mass is 585 g/mol. The number of thiophene rings is 1. The van der Waals surface area contributed by atoms with Crippen molar-refractivity contribution in [2.45, 2.75) is 31.5 Å². The summed E-state index contributed by atoms with van der Waals surface area (Å²) in [5, 5.41) is 3.71. The van der Waals surface area contributed by atoms with Crippen LogP contribution in [0.3, 0.4) is 0 Å². The third kappa shape index (κ3) is 4.75. The largest absolute Gasteiger partial charge is 0.457 e. The number of nitrogens with one attached hydrogen (secondary N) is 1. The number of rotatable bonds is 7. The second-order valence-corrected chi connectivity index (χ2v) is 12.0. The van der Waals surface area contributed by atoms with Crippen molar-refractivity contribution in [2.24, 2.45) is 11.5 Å². The van der Waals surface area contributed by atoms with E-state index in [0.717, 1.165) is 12.1 Å². The predicted molar refractivity (Wildman–Crippen MR) is 165 cm³/mol. The molecule has 1 saturated heterocycles. The molecule has 0 saturated carbocycles. The molecule has 3 aromatic carbocycles. The molecule has 1 amide bonds. The van der Waals surface area contributed by atoms with Crippen LogP contribution in [-0.4, -0.2) is 55.5 Å². The van der Waals surface area contributed by atoms with Crippen LogP contribution in [0.15, 0.2) is 60.7 Å². The molecule has 9 nitrogen and oxygen atoms in total. The lowest BCUT2D eigenvalue weighted by Crippen LogP contribution is -2.53. The van der Waals surface area contributed by atoms with E-state index >= 15 is 0 Å². The molecule has 1 aliphatic heterocycles. The summed E-state index contributed by atoms with van der Waals surface area (Å²) >= 11 is 1.26. The number of benzene rings is 3. The minimum atomic E-state index is -1.53. The predicted octanol–water partition coefficient (Wildman–Crippen LogP) is 3.82. The van der Waals surface area contributed by atoms with Crippen LogP contribution in [0.2, 0.25) is 0 Å². The molecule has 0 spiro atoms. The number of nitrogens with zero attached hydrogens (tertiary/aromatic N) is 1. The van der Waals surface area contributed by atoms with E-state index in [2.05, 4.69) is 17.1 Å². The van der Waals surface area contributed by atoms with Crippen molar-refractivity contribution in [3.8, 4) is 11.5 Å². The van der Waals surface area contributed by atoms with E-state index in [1.54, 1.807) is 18.2 Å². The number of Topliss-reactive ketones (excluding diaryl/α,β-unsaturated/α-hetero) is 1. The third-order valence-corrected chi connectivity index (χ3v) is 9.56. The molecule has 3 atom stereocenters. The van der Waals surface area contributed by atoms with Gasteiger partial charge in [-0.1, -0.05) is 30.3 Å². The molecule has 2 heterocycles. The van der Waals surface area contributed by atoms with Crippen LogP contribution in [0.1, 0.15) is 44.9 Å². The van der Waals surface area contributed by atoms with Crippen molar-refractivity contribution in [2.75, 3.05) is 38.6 Å². The number of hydrogen-bond donors (Lipinski definition) is 4. The van der Waals surface area contributed by atoms with E-state index in [-0.39, 0.29) is 17.7 Å². The van der Waals surface area contributed by atoms with E-state index in [0.29, 0.717) is 75.1 Å². The molecule has 10 heteroatoms. The molecule has 2 aliphatic rings. The lowest BCUT2D eigenvalue weighted by Gasteiger charge is -2.37. The number of aryl methyl sites for hydroxylation is 1. The summed E-state index contributed by atoms with van der Waals surface area (Å²) in [5.41, 5.74) is 21.6. The Labute approximate surface area is 248 Å². The van der Waals surface area contributed by atoms with Crippen LogP contribution < -0.4 is 27.3 Å². The topological polar surface area (TPSA) is 146 Å². The number of anilines is 1. The first kappa shape index (κ1) is 28.3. The Balaban J connectivity index is 1.35. The van der Waals surface area contributed by atoms with Gasteiger partial charge in [-0.25, -0.2) is 0 Å². The second-order valence-electron chi connectivity index (χ2n) is 11.0. The van der Waals surface area contributed by atoms with Crippen molar-refractivity contribution in [3.63, 3.8) is 0 Å². The molecule has 1 fully saturated rings. The van der Waals surface area contributed by atoms with E-state index in [4.69, 9.17) is 26.7 Å². The Morgan fingerprint density at radius 1 is 1.14 bits per heavy atom. The molecule has 0 bridgehead atoms. The minimum Gasteiger partial charge on any atom is -0.457 e. The van der Waals surface area contributed by atoms with Gasteiger partial charge in [-0.15, -0.1) is 11.3 Å². The van der Waals surface area contributed by atoms with Crippen molar-refractivity contribution in [1.82, 2.24) is 10.2 Å². The number of morpholine rings is 1. The molecule has 6 rings (SSSR count). The standard InChI is InChI=1S/C32H35N5O4S/c1-18-16-21(41-20-6-4-3-5-7-20)8-9-22(18)32(35)23-10-11-24(33)28-25(23)26(27(34)30(32)38)29(42-28)31(39)36-12-13-37-14-15-40-17-19(37)2/h3-11,16,19,27H,12-15,17,33-35H2,1-2H3,(H,36,39). The molecule has 4 aromatic rings. The summed E-state index contributed by atoms with van der Waals surface area (Å²) in [4.78, 5) is 30.3. The Kier molecular flexibility index (Phi) is 7.50. The number of hydrogen-bond acceptors (Lipinski definition) is 9. The Morgan fingerprint density at radius 3 is 2.64 bits per heavy atom. The maximum absolute atomic E-state index is 14.1. The molecule has 3 unspecified atom stereocenters. The molecule has 42 heavy (non-hydrogen) atoms. The summed E-state index contributed by atoms with van der Waals surface area (Å²) < 4.78 is 12.2. The van der Waals surface area contributed by atoms with Gasteiger partial charge >= 0.3 is 0 Å². The van der Waals surface area contributed by atoms with Crippen LogP contribution in [0, 0.1) is 6.92 Å². The fourth-order valence-corrected chi connectivity index (χ4v) is 7.30. The Hall–Kier alpha value is -3.80. The quantitative estimate of drug-likeness (QED) is 0.240. The maximum Gasteiger partial charge on any atom is 0.261 e. The second kappa shape index (κ2) is 11.1. The van der Waals surface area contributed by atoms with Gasteiger partial charge < -0.3 is 32.0 Å². The zero-order valence-electron chi connectivity index (χ0n) is 23.7. The fraction of sp³-hybridized carbons (Fsp3) is 0.312. The van der Waals surface area contributed by atoms with Gasteiger partial charge in [0.2, 0.25) is 0 Å². The number of carbonyl (C=O) groups is 2. The fourth-order valence-electron chi connectivity index (χ4n) is 6.08. The first-order valence-corrected chi connectivity index (χ1v) is 14.9. The van der Waals surface area contributed by atoms with E-state index in [1.807, 2.05) is 49.4 Å².